The van der Waals surface area contributed by atoms with Crippen molar-refractivity contribution in [2.24, 2.45) is 0 Å². The summed E-state index contributed by atoms with van der Waals surface area (Å²) in [7, 11) is 0. The van der Waals surface area contributed by atoms with Crippen molar-refractivity contribution in [2.75, 3.05) is 0 Å². The summed E-state index contributed by atoms with van der Waals surface area (Å²) in [4.78, 5) is 0. The van der Waals surface area contributed by atoms with Gasteiger partial charge in [-0.1, -0.05) is 30.3 Å². The van der Waals surface area contributed by atoms with Crippen LogP contribution in [0.1, 0.15) is 17.4 Å². The molecule has 3 rings (SSSR count). The Labute approximate surface area is 129 Å². The monoisotopic (exact) mass is 346 g/mol. The highest BCUT2D eigenvalue weighted by molar-refractivity contribution is 9.10. The van der Waals surface area contributed by atoms with Gasteiger partial charge in [0.05, 0.1) is 15.9 Å². The van der Waals surface area contributed by atoms with Crippen molar-refractivity contribution in [3.05, 3.63) is 82.3 Å². The fourth-order valence-electron chi connectivity index (χ4n) is 2.10. The molecule has 2 aromatic carbocycles. The van der Waals surface area contributed by atoms with Crippen LogP contribution in [-0.4, -0.2) is 14.9 Å². The Bertz CT molecular complexity index is 758. The number of hydrogen-bond acceptors (Lipinski definition) is 2. The van der Waals surface area contributed by atoms with Crippen LogP contribution in [0.2, 0.25) is 0 Å². The lowest BCUT2D eigenvalue weighted by Crippen LogP contribution is -2.05. The van der Waals surface area contributed by atoms with Crippen LogP contribution in [0.3, 0.4) is 0 Å². The topological polar surface area (TPSA) is 38.0 Å². The standard InChI is InChI=1S/C16H12BrFN2O/c17-13-8-4-7-12(15(13)18)16(21)14-9-10-20(19-14)11-5-2-1-3-6-11/h1-10,16,21H. The molecule has 5 heteroatoms. The van der Waals surface area contributed by atoms with Crippen molar-refractivity contribution in [1.29, 1.82) is 0 Å². The molecule has 21 heavy (non-hydrogen) atoms. The summed E-state index contributed by atoms with van der Waals surface area (Å²) in [5.41, 5.74) is 1.48. The average Bonchev–Trinajstić information content (AvgIpc) is 3.00. The average molecular weight is 347 g/mol. The summed E-state index contributed by atoms with van der Waals surface area (Å²) in [5, 5.41) is 14.6. The molecule has 0 aliphatic carbocycles. The highest BCUT2D eigenvalue weighted by atomic mass is 79.9. The first-order chi connectivity index (χ1) is 10.2. The van der Waals surface area contributed by atoms with E-state index in [4.69, 9.17) is 0 Å². The lowest BCUT2D eigenvalue weighted by molar-refractivity contribution is 0.209. The van der Waals surface area contributed by atoms with Gasteiger partial charge in [0, 0.05) is 11.8 Å². The van der Waals surface area contributed by atoms with Gasteiger partial charge in [0.1, 0.15) is 11.9 Å². The summed E-state index contributed by atoms with van der Waals surface area (Å²) < 4.78 is 16.0. The van der Waals surface area contributed by atoms with Gasteiger partial charge in [-0.15, -0.1) is 0 Å². The Morgan fingerprint density at radius 3 is 2.57 bits per heavy atom. The molecule has 0 spiro atoms. The van der Waals surface area contributed by atoms with E-state index in [1.165, 1.54) is 0 Å². The zero-order valence-electron chi connectivity index (χ0n) is 10.9. The highest BCUT2D eigenvalue weighted by Crippen LogP contribution is 2.27. The van der Waals surface area contributed by atoms with E-state index in [1.807, 2.05) is 30.3 Å². The maximum Gasteiger partial charge on any atom is 0.143 e. The van der Waals surface area contributed by atoms with Gasteiger partial charge in [-0.2, -0.15) is 5.10 Å². The molecule has 0 amide bonds. The van der Waals surface area contributed by atoms with Gasteiger partial charge in [0.25, 0.3) is 0 Å². The molecule has 1 heterocycles. The summed E-state index contributed by atoms with van der Waals surface area (Å²) in [6.07, 6.45) is 0.636. The molecular formula is C16H12BrFN2O. The molecule has 3 nitrogen and oxygen atoms in total. The number of aliphatic hydroxyl groups is 1. The first-order valence-electron chi connectivity index (χ1n) is 6.40. The summed E-state index contributed by atoms with van der Waals surface area (Å²) in [6, 6.07) is 16.0. The third-order valence-corrected chi connectivity index (χ3v) is 3.80. The first kappa shape index (κ1) is 14.0. The van der Waals surface area contributed by atoms with Crippen molar-refractivity contribution < 1.29 is 9.50 Å². The molecular weight excluding hydrogens is 335 g/mol. The van der Waals surface area contributed by atoms with Crippen LogP contribution in [0.5, 0.6) is 0 Å². The van der Waals surface area contributed by atoms with E-state index in [0.717, 1.165) is 5.69 Å². The van der Waals surface area contributed by atoms with E-state index >= 15 is 0 Å². The summed E-state index contributed by atoms with van der Waals surface area (Å²) >= 11 is 3.12. The third kappa shape index (κ3) is 2.75. The Balaban J connectivity index is 1.95. The molecule has 1 atom stereocenters. The number of halogens is 2. The smallest absolute Gasteiger partial charge is 0.143 e. The van der Waals surface area contributed by atoms with Crippen LogP contribution in [0, 0.1) is 5.82 Å². The number of aliphatic hydroxyl groups excluding tert-OH is 1. The summed E-state index contributed by atoms with van der Waals surface area (Å²) in [5.74, 6) is -0.473. The minimum absolute atomic E-state index is 0.197. The molecule has 1 unspecified atom stereocenters. The molecule has 3 aromatic rings. The number of nitrogens with zero attached hydrogens (tertiary/aromatic N) is 2. The van der Waals surface area contributed by atoms with Gasteiger partial charge in [0.15, 0.2) is 0 Å². The normalized spacial score (nSPS) is 12.3. The first-order valence-corrected chi connectivity index (χ1v) is 7.19. The van der Waals surface area contributed by atoms with Gasteiger partial charge in [-0.3, -0.25) is 0 Å². The Kier molecular flexibility index (Phi) is 3.86. The minimum Gasteiger partial charge on any atom is -0.382 e. The minimum atomic E-state index is -1.10. The fourth-order valence-corrected chi connectivity index (χ4v) is 2.48. The Morgan fingerprint density at radius 2 is 1.81 bits per heavy atom. The van der Waals surface area contributed by atoms with E-state index in [1.54, 1.807) is 35.1 Å². The van der Waals surface area contributed by atoms with Crippen LogP contribution >= 0.6 is 15.9 Å². The molecule has 0 radical (unpaired) electrons. The molecule has 0 aliphatic rings. The van der Waals surface area contributed by atoms with Crippen molar-refractivity contribution in [2.45, 2.75) is 6.10 Å². The number of hydrogen-bond donors (Lipinski definition) is 1. The van der Waals surface area contributed by atoms with E-state index in [0.29, 0.717) is 10.2 Å². The lowest BCUT2D eigenvalue weighted by atomic mass is 10.1. The molecule has 0 fully saturated rings. The maximum atomic E-state index is 14.0. The second-order valence-corrected chi connectivity index (χ2v) is 5.42. The quantitative estimate of drug-likeness (QED) is 0.781. The second-order valence-electron chi connectivity index (χ2n) is 4.57. The van der Waals surface area contributed by atoms with Gasteiger partial charge >= 0.3 is 0 Å². The zero-order valence-corrected chi connectivity index (χ0v) is 12.5. The van der Waals surface area contributed by atoms with Crippen LogP contribution in [0.4, 0.5) is 4.39 Å². The van der Waals surface area contributed by atoms with Crippen molar-refractivity contribution >= 4 is 15.9 Å². The van der Waals surface area contributed by atoms with Crippen LogP contribution in [0.25, 0.3) is 5.69 Å². The molecule has 0 aliphatic heterocycles. The second kappa shape index (κ2) is 5.79. The predicted octanol–water partition coefficient (Wildman–Crippen LogP) is 3.86. The largest absolute Gasteiger partial charge is 0.382 e. The lowest BCUT2D eigenvalue weighted by Gasteiger charge is -2.10. The summed E-state index contributed by atoms with van der Waals surface area (Å²) in [6.45, 7) is 0. The van der Waals surface area contributed by atoms with E-state index < -0.39 is 11.9 Å². The molecule has 0 saturated heterocycles. The van der Waals surface area contributed by atoms with E-state index in [2.05, 4.69) is 21.0 Å². The zero-order chi connectivity index (χ0) is 14.8. The molecule has 0 bridgehead atoms. The van der Waals surface area contributed by atoms with Crippen LogP contribution in [-0.2, 0) is 0 Å². The van der Waals surface area contributed by atoms with E-state index in [9.17, 15) is 9.50 Å². The van der Waals surface area contributed by atoms with Crippen LogP contribution in [0.15, 0.2) is 65.3 Å². The van der Waals surface area contributed by atoms with Gasteiger partial charge in [0.2, 0.25) is 0 Å². The van der Waals surface area contributed by atoms with Crippen LogP contribution < -0.4 is 0 Å². The number of aromatic nitrogens is 2. The predicted molar refractivity (Wildman–Crippen MR) is 81.7 cm³/mol. The number of para-hydroxylation sites is 1. The van der Waals surface area contributed by atoms with Crippen molar-refractivity contribution in [1.82, 2.24) is 9.78 Å². The maximum absolute atomic E-state index is 14.0. The van der Waals surface area contributed by atoms with Crippen molar-refractivity contribution in [3.8, 4) is 5.69 Å². The highest BCUT2D eigenvalue weighted by Gasteiger charge is 2.19. The third-order valence-electron chi connectivity index (χ3n) is 3.19. The number of rotatable bonds is 3. The SMILES string of the molecule is OC(c1ccn(-c2ccccc2)n1)c1cccc(Br)c1F. The van der Waals surface area contributed by atoms with E-state index in [-0.39, 0.29) is 5.56 Å². The molecule has 106 valence electrons. The Morgan fingerprint density at radius 1 is 1.05 bits per heavy atom. The van der Waals surface area contributed by atoms with Crippen molar-refractivity contribution in [3.63, 3.8) is 0 Å². The molecule has 0 saturated carbocycles. The fraction of sp³-hybridized carbons (Fsp3) is 0.0625. The Hall–Kier alpha value is -1.98. The van der Waals surface area contributed by atoms with Gasteiger partial charge < -0.3 is 5.11 Å². The van der Waals surface area contributed by atoms with Gasteiger partial charge in [-0.05, 0) is 40.2 Å². The molecule has 1 aromatic heterocycles. The molecule has 1 N–H and O–H groups in total. The number of benzene rings is 2. The van der Waals surface area contributed by atoms with Gasteiger partial charge in [-0.25, -0.2) is 9.07 Å².